The van der Waals surface area contributed by atoms with Gasteiger partial charge in [0.15, 0.2) is 0 Å². The van der Waals surface area contributed by atoms with Gasteiger partial charge in [-0.15, -0.1) is 0 Å². The van der Waals surface area contributed by atoms with E-state index in [9.17, 15) is 19.1 Å². The van der Waals surface area contributed by atoms with Crippen molar-refractivity contribution in [2.45, 2.75) is 51.3 Å². The number of nitrogens with zero attached hydrogens (tertiary/aromatic N) is 2. The lowest BCUT2D eigenvalue weighted by atomic mass is 9.91. The molecule has 2 amide bonds. The summed E-state index contributed by atoms with van der Waals surface area (Å²) in [5, 5.41) is 9.46. The number of amides is 2. The van der Waals surface area contributed by atoms with Gasteiger partial charge in [-0.2, -0.15) is 0 Å². The number of carbonyl (C=O) groups excluding carboxylic acids is 1. The summed E-state index contributed by atoms with van der Waals surface area (Å²) in [4.78, 5) is 26.7. The van der Waals surface area contributed by atoms with Crippen LogP contribution in [0, 0.1) is 5.82 Å². The maximum Gasteiger partial charge on any atom is 0.410 e. The Bertz CT molecular complexity index is 627. The molecule has 0 aliphatic carbocycles. The zero-order valence-corrected chi connectivity index (χ0v) is 15.0. The summed E-state index contributed by atoms with van der Waals surface area (Å²) in [7, 11) is 1.66. The van der Waals surface area contributed by atoms with Gasteiger partial charge in [-0.25, -0.2) is 14.0 Å². The van der Waals surface area contributed by atoms with Crippen LogP contribution in [0.3, 0.4) is 0 Å². The van der Waals surface area contributed by atoms with E-state index in [1.54, 1.807) is 40.0 Å². The Kier molecular flexibility index (Phi) is 5.55. The number of carbonyl (C=O) groups is 2. The fourth-order valence-corrected chi connectivity index (χ4v) is 3.01. The molecule has 2 rings (SSSR count). The van der Waals surface area contributed by atoms with Crippen molar-refractivity contribution >= 4 is 12.2 Å². The van der Waals surface area contributed by atoms with Gasteiger partial charge in [-0.3, -0.25) is 0 Å². The fraction of sp³-hybridized carbons (Fsp3) is 0.556. The average Bonchev–Trinajstić information content (AvgIpc) is 2.52. The van der Waals surface area contributed by atoms with Crippen LogP contribution in [0.4, 0.5) is 14.0 Å². The van der Waals surface area contributed by atoms with Crippen LogP contribution >= 0.6 is 0 Å². The van der Waals surface area contributed by atoms with E-state index in [0.717, 1.165) is 0 Å². The third-order valence-corrected chi connectivity index (χ3v) is 4.30. The minimum atomic E-state index is -1.02. The predicted molar refractivity (Wildman–Crippen MR) is 90.9 cm³/mol. The van der Waals surface area contributed by atoms with E-state index in [1.807, 2.05) is 0 Å². The highest BCUT2D eigenvalue weighted by Gasteiger charge is 2.36. The largest absolute Gasteiger partial charge is 0.465 e. The summed E-state index contributed by atoms with van der Waals surface area (Å²) in [5.74, 6) is -0.371. The Hall–Kier alpha value is -2.31. The first kappa shape index (κ1) is 19.0. The zero-order valence-electron chi connectivity index (χ0n) is 15.0. The molecule has 1 aliphatic heterocycles. The summed E-state index contributed by atoms with van der Waals surface area (Å²) in [6, 6.07) is 5.23. The van der Waals surface area contributed by atoms with Gasteiger partial charge >= 0.3 is 12.2 Å². The van der Waals surface area contributed by atoms with Crippen LogP contribution in [0.15, 0.2) is 24.3 Å². The van der Waals surface area contributed by atoms with E-state index in [4.69, 9.17) is 4.74 Å². The van der Waals surface area contributed by atoms with Gasteiger partial charge in [0.05, 0.1) is 6.04 Å². The molecular formula is C18H25FN2O4. The van der Waals surface area contributed by atoms with Gasteiger partial charge in [-0.1, -0.05) is 12.1 Å². The molecule has 0 radical (unpaired) electrons. The van der Waals surface area contributed by atoms with Crippen molar-refractivity contribution in [2.75, 3.05) is 13.6 Å². The monoisotopic (exact) mass is 352 g/mol. The molecule has 2 atom stereocenters. The standard InChI is InChI=1S/C18H25FN2O4/c1-18(2,3)25-17(24)20(4)14-9-10-21(16(22)23)15(11-14)12-5-7-13(19)8-6-12/h5-8,14-15H,9-11H2,1-4H3,(H,22,23). The molecule has 1 fully saturated rings. The molecule has 2 unspecified atom stereocenters. The molecule has 138 valence electrons. The van der Waals surface area contributed by atoms with E-state index in [2.05, 4.69) is 0 Å². The van der Waals surface area contributed by atoms with Crippen LogP contribution < -0.4 is 0 Å². The van der Waals surface area contributed by atoms with Crippen molar-refractivity contribution in [2.24, 2.45) is 0 Å². The zero-order chi connectivity index (χ0) is 18.8. The second-order valence-electron chi connectivity index (χ2n) is 7.31. The first-order valence-electron chi connectivity index (χ1n) is 8.29. The predicted octanol–water partition coefficient (Wildman–Crippen LogP) is 3.88. The molecule has 1 heterocycles. The molecule has 1 aromatic carbocycles. The molecule has 25 heavy (non-hydrogen) atoms. The molecule has 7 heteroatoms. The lowest BCUT2D eigenvalue weighted by Crippen LogP contribution is -2.49. The van der Waals surface area contributed by atoms with E-state index in [1.165, 1.54) is 21.9 Å². The van der Waals surface area contributed by atoms with Gasteiger partial charge in [0.2, 0.25) is 0 Å². The molecule has 1 N–H and O–H groups in total. The van der Waals surface area contributed by atoms with Crippen LogP contribution in [0.2, 0.25) is 0 Å². The summed E-state index contributed by atoms with van der Waals surface area (Å²) in [5.41, 5.74) is 0.120. The Labute approximate surface area is 147 Å². The van der Waals surface area contributed by atoms with Crippen LogP contribution in [0.1, 0.15) is 45.2 Å². The van der Waals surface area contributed by atoms with Gasteiger partial charge in [-0.05, 0) is 51.3 Å². The number of rotatable bonds is 2. The number of ether oxygens (including phenoxy) is 1. The number of halogens is 1. The minimum Gasteiger partial charge on any atom is -0.465 e. The molecule has 6 nitrogen and oxygen atoms in total. The normalized spacial score (nSPS) is 20.9. The summed E-state index contributed by atoms with van der Waals surface area (Å²) in [6.07, 6.45) is -0.486. The second kappa shape index (κ2) is 7.29. The number of hydrogen-bond donors (Lipinski definition) is 1. The summed E-state index contributed by atoms with van der Waals surface area (Å²) in [6.45, 7) is 5.70. The highest BCUT2D eigenvalue weighted by molar-refractivity contribution is 5.69. The molecule has 0 bridgehead atoms. The topological polar surface area (TPSA) is 70.1 Å². The molecular weight excluding hydrogens is 327 g/mol. The van der Waals surface area contributed by atoms with Crippen LogP contribution in [-0.4, -0.2) is 52.3 Å². The summed E-state index contributed by atoms with van der Waals surface area (Å²) >= 11 is 0. The molecule has 0 spiro atoms. The Morgan fingerprint density at radius 2 is 1.88 bits per heavy atom. The smallest absolute Gasteiger partial charge is 0.410 e. The third kappa shape index (κ3) is 4.84. The third-order valence-electron chi connectivity index (χ3n) is 4.30. The lowest BCUT2D eigenvalue weighted by Gasteiger charge is -2.41. The maximum atomic E-state index is 13.2. The Morgan fingerprint density at radius 3 is 2.40 bits per heavy atom. The number of carboxylic acid groups (broad SMARTS) is 1. The SMILES string of the molecule is CN(C(=O)OC(C)(C)C)C1CCN(C(=O)O)C(c2ccc(F)cc2)C1. The van der Waals surface area contributed by atoms with Crippen LogP contribution in [-0.2, 0) is 4.74 Å². The van der Waals surface area contributed by atoms with Gasteiger partial charge in [0, 0.05) is 19.6 Å². The van der Waals surface area contributed by atoms with Crippen molar-refractivity contribution in [1.82, 2.24) is 9.80 Å². The fourth-order valence-electron chi connectivity index (χ4n) is 3.01. The number of hydrogen-bond acceptors (Lipinski definition) is 3. The summed E-state index contributed by atoms with van der Waals surface area (Å²) < 4.78 is 18.6. The van der Waals surface area contributed by atoms with Crippen molar-refractivity contribution in [3.05, 3.63) is 35.6 Å². The quantitative estimate of drug-likeness (QED) is 0.877. The van der Waals surface area contributed by atoms with Gasteiger partial charge < -0.3 is 19.6 Å². The van der Waals surface area contributed by atoms with E-state index >= 15 is 0 Å². The van der Waals surface area contributed by atoms with Crippen molar-refractivity contribution in [3.63, 3.8) is 0 Å². The Morgan fingerprint density at radius 1 is 1.28 bits per heavy atom. The molecule has 0 saturated carbocycles. The van der Waals surface area contributed by atoms with E-state index in [0.29, 0.717) is 24.9 Å². The molecule has 0 aromatic heterocycles. The first-order chi connectivity index (χ1) is 11.6. The van der Waals surface area contributed by atoms with Crippen LogP contribution in [0.5, 0.6) is 0 Å². The van der Waals surface area contributed by atoms with E-state index < -0.39 is 23.8 Å². The molecule has 1 saturated heterocycles. The van der Waals surface area contributed by atoms with Crippen LogP contribution in [0.25, 0.3) is 0 Å². The highest BCUT2D eigenvalue weighted by Crippen LogP contribution is 2.33. The Balaban J connectivity index is 2.17. The van der Waals surface area contributed by atoms with Gasteiger partial charge in [0.1, 0.15) is 11.4 Å². The minimum absolute atomic E-state index is 0.152. The lowest BCUT2D eigenvalue weighted by molar-refractivity contribution is 0.0104. The van der Waals surface area contributed by atoms with E-state index in [-0.39, 0.29) is 11.9 Å². The number of benzene rings is 1. The second-order valence-corrected chi connectivity index (χ2v) is 7.31. The maximum absolute atomic E-state index is 13.2. The van der Waals surface area contributed by atoms with Crippen molar-refractivity contribution in [1.29, 1.82) is 0 Å². The van der Waals surface area contributed by atoms with Crippen molar-refractivity contribution in [3.8, 4) is 0 Å². The number of piperidine rings is 1. The average molecular weight is 352 g/mol. The number of likely N-dealkylation sites (tertiary alicyclic amines) is 1. The first-order valence-corrected chi connectivity index (χ1v) is 8.29. The van der Waals surface area contributed by atoms with Gasteiger partial charge in [0.25, 0.3) is 0 Å². The molecule has 1 aromatic rings. The molecule has 1 aliphatic rings. The highest BCUT2D eigenvalue weighted by atomic mass is 19.1. The van der Waals surface area contributed by atoms with Crippen molar-refractivity contribution < 1.29 is 23.8 Å².